The van der Waals surface area contributed by atoms with Crippen molar-refractivity contribution in [1.29, 1.82) is 0 Å². The van der Waals surface area contributed by atoms with Crippen LogP contribution in [0.3, 0.4) is 0 Å². The van der Waals surface area contributed by atoms with Crippen molar-refractivity contribution >= 4 is 44.9 Å². The van der Waals surface area contributed by atoms with Gasteiger partial charge >= 0.3 is 0 Å². The summed E-state index contributed by atoms with van der Waals surface area (Å²) in [5.41, 5.74) is 21.1. The van der Waals surface area contributed by atoms with Gasteiger partial charge in [0.2, 0.25) is 0 Å². The molecule has 0 unspecified atom stereocenters. The highest BCUT2D eigenvalue weighted by atomic mass is 15.0. The summed E-state index contributed by atoms with van der Waals surface area (Å²) in [5, 5.41) is 3.63. The van der Waals surface area contributed by atoms with Crippen LogP contribution >= 0.6 is 0 Å². The molecule has 2 nitrogen and oxygen atoms in total. The molecule has 0 spiro atoms. The summed E-state index contributed by atoms with van der Waals surface area (Å²) in [6, 6.07) is 90.1. The Morgan fingerprint density at radius 3 is 1.26 bits per heavy atom. The van der Waals surface area contributed by atoms with Crippen LogP contribution in [-0.2, 0) is 6.42 Å². The van der Waals surface area contributed by atoms with Gasteiger partial charge in [-0.05, 0) is 140 Å². The molecule has 12 aromatic rings. The molecule has 326 valence electrons. The maximum atomic E-state index is 4.40. The molecule has 0 amide bonds. The van der Waals surface area contributed by atoms with Gasteiger partial charge in [0.15, 0.2) is 0 Å². The number of rotatable bonds is 11. The van der Waals surface area contributed by atoms with Gasteiger partial charge in [0, 0.05) is 33.1 Å². The lowest BCUT2D eigenvalue weighted by Crippen LogP contribution is -1.98. The number of aromatic nitrogens is 2. The highest BCUT2D eigenvalue weighted by Gasteiger charge is 2.19. The first kappa shape index (κ1) is 41.5. The fraction of sp³-hybridized carbons (Fsp3) is 0.0149. The number of benzene rings is 10. The average molecular weight is 881 g/mol. The second-order valence-electron chi connectivity index (χ2n) is 17.7. The monoisotopic (exact) mass is 880 g/mol. The van der Waals surface area contributed by atoms with Gasteiger partial charge in [0.05, 0.1) is 22.2 Å². The highest BCUT2D eigenvalue weighted by molar-refractivity contribution is 6.11. The zero-order valence-corrected chi connectivity index (χ0v) is 38.2. The Morgan fingerprint density at radius 1 is 0.319 bits per heavy atom. The molecule has 0 saturated carbocycles. The molecule has 69 heavy (non-hydrogen) atoms. The van der Waals surface area contributed by atoms with E-state index in [-0.39, 0.29) is 0 Å². The molecule has 0 N–H and O–H groups in total. The number of fused-ring (bicyclic) bond motifs is 4. The van der Waals surface area contributed by atoms with Crippen LogP contribution in [0.4, 0.5) is 0 Å². The van der Waals surface area contributed by atoms with Crippen LogP contribution in [0.5, 0.6) is 0 Å². The lowest BCUT2D eigenvalue weighted by molar-refractivity contribution is 1.10. The molecule has 2 heteroatoms. The van der Waals surface area contributed by atoms with Crippen LogP contribution in [0.2, 0.25) is 0 Å². The molecule has 0 bridgehead atoms. The molecule has 10 aromatic carbocycles. The molecular formula is C67H48N2. The topological polar surface area (TPSA) is 9.86 Å². The Bertz CT molecular complexity index is 3780. The van der Waals surface area contributed by atoms with E-state index in [9.17, 15) is 0 Å². The Balaban J connectivity index is 0.998. The third kappa shape index (κ3) is 7.88. The quantitative estimate of drug-likeness (QED) is 0.122. The standard InChI is InChI=1S/C67H48N2/c1-2-60-62-45-54(49-23-10-4-11-24-49)35-38-66(62)68(58-32-19-31-53(42-58)48-21-8-3-9-22-48)64(60)33-18-20-47-34-37-65-61(40-47)63-46-55(50-25-12-5-13-26-50)36-39-67(63)69(65)59-43-56(51-27-14-6-15-28-51)41-57(44-59)52-29-16-7-17-30-52/h2-19,21-46H,1,20H2/b33-18-. The van der Waals surface area contributed by atoms with E-state index in [1.807, 2.05) is 6.08 Å². The van der Waals surface area contributed by atoms with Gasteiger partial charge in [-0.3, -0.25) is 0 Å². The summed E-state index contributed by atoms with van der Waals surface area (Å²) in [5.74, 6) is 0. The van der Waals surface area contributed by atoms with Gasteiger partial charge < -0.3 is 9.13 Å². The molecule has 0 fully saturated rings. The average Bonchev–Trinajstić information content (AvgIpc) is 3.93. The third-order valence-electron chi connectivity index (χ3n) is 13.5. The SMILES string of the molecule is C=Cc1c(/C=C\Cc2ccc3c(c2)c2cc(-c4ccccc4)ccc2n3-c2cc(-c3ccccc3)cc(-c3ccccc3)c2)n(-c2cccc(-c3ccccc3)c2)c2ccc(-c3ccccc3)cc12. The zero-order valence-electron chi connectivity index (χ0n) is 38.2. The summed E-state index contributed by atoms with van der Waals surface area (Å²) >= 11 is 0. The van der Waals surface area contributed by atoms with E-state index < -0.39 is 0 Å². The Kier molecular flexibility index (Phi) is 10.8. The second-order valence-corrected chi connectivity index (χ2v) is 17.7. The van der Waals surface area contributed by atoms with Crippen molar-refractivity contribution < 1.29 is 0 Å². The van der Waals surface area contributed by atoms with Gasteiger partial charge in [0.1, 0.15) is 0 Å². The van der Waals surface area contributed by atoms with Gasteiger partial charge in [-0.2, -0.15) is 0 Å². The first-order valence-corrected chi connectivity index (χ1v) is 23.7. The van der Waals surface area contributed by atoms with E-state index in [1.165, 1.54) is 88.4 Å². The fourth-order valence-electron chi connectivity index (χ4n) is 10.2. The minimum absolute atomic E-state index is 0.750. The summed E-state index contributed by atoms with van der Waals surface area (Å²) in [4.78, 5) is 0. The van der Waals surface area contributed by atoms with Crippen molar-refractivity contribution in [2.75, 3.05) is 0 Å². The van der Waals surface area contributed by atoms with E-state index in [4.69, 9.17) is 0 Å². The van der Waals surface area contributed by atoms with Gasteiger partial charge in [-0.25, -0.2) is 0 Å². The molecule has 0 radical (unpaired) electrons. The van der Waals surface area contributed by atoms with E-state index >= 15 is 0 Å². The van der Waals surface area contributed by atoms with Crippen molar-refractivity contribution in [2.45, 2.75) is 6.42 Å². The molecular weight excluding hydrogens is 833 g/mol. The van der Waals surface area contributed by atoms with E-state index in [1.54, 1.807) is 0 Å². The summed E-state index contributed by atoms with van der Waals surface area (Å²) in [6.45, 7) is 4.40. The van der Waals surface area contributed by atoms with Crippen molar-refractivity contribution in [3.8, 4) is 67.0 Å². The van der Waals surface area contributed by atoms with Gasteiger partial charge in [0.25, 0.3) is 0 Å². The predicted molar refractivity (Wildman–Crippen MR) is 294 cm³/mol. The van der Waals surface area contributed by atoms with Crippen LogP contribution in [0.25, 0.3) is 112 Å². The smallest absolute Gasteiger partial charge is 0.0541 e. The molecule has 0 aliphatic rings. The lowest BCUT2D eigenvalue weighted by Gasteiger charge is -2.14. The first-order valence-electron chi connectivity index (χ1n) is 23.7. The molecule has 2 aromatic heterocycles. The minimum atomic E-state index is 0.750. The van der Waals surface area contributed by atoms with Crippen LogP contribution < -0.4 is 0 Å². The van der Waals surface area contributed by atoms with Crippen molar-refractivity contribution in [2.24, 2.45) is 0 Å². The predicted octanol–water partition coefficient (Wildman–Crippen LogP) is 18.0. The number of hydrogen-bond acceptors (Lipinski definition) is 0. The van der Waals surface area contributed by atoms with Crippen molar-refractivity contribution in [3.63, 3.8) is 0 Å². The Morgan fingerprint density at radius 2 is 0.739 bits per heavy atom. The van der Waals surface area contributed by atoms with Gasteiger partial charge in [-0.1, -0.05) is 201 Å². The van der Waals surface area contributed by atoms with Crippen LogP contribution in [0.15, 0.2) is 261 Å². The first-order chi connectivity index (χ1) is 34.2. The molecule has 0 aliphatic heterocycles. The summed E-state index contributed by atoms with van der Waals surface area (Å²) in [6.07, 6.45) is 7.40. The third-order valence-corrected chi connectivity index (χ3v) is 13.5. The zero-order chi connectivity index (χ0) is 46.1. The lowest BCUT2D eigenvalue weighted by atomic mass is 9.98. The van der Waals surface area contributed by atoms with Crippen LogP contribution in [0, 0.1) is 0 Å². The van der Waals surface area contributed by atoms with Crippen LogP contribution in [-0.4, -0.2) is 9.13 Å². The Hall–Kier alpha value is -8.98. The van der Waals surface area contributed by atoms with Gasteiger partial charge in [-0.15, -0.1) is 0 Å². The molecule has 0 atom stereocenters. The number of nitrogens with zero attached hydrogens (tertiary/aromatic N) is 2. The minimum Gasteiger partial charge on any atom is -0.309 e. The maximum absolute atomic E-state index is 4.40. The second kappa shape index (κ2) is 18.0. The van der Waals surface area contributed by atoms with Crippen molar-refractivity contribution in [3.05, 3.63) is 278 Å². The van der Waals surface area contributed by atoms with Crippen molar-refractivity contribution in [1.82, 2.24) is 9.13 Å². The summed E-state index contributed by atoms with van der Waals surface area (Å²) < 4.78 is 4.86. The molecule has 0 saturated heterocycles. The van der Waals surface area contributed by atoms with E-state index in [2.05, 4.69) is 277 Å². The van der Waals surface area contributed by atoms with E-state index in [0.717, 1.165) is 34.6 Å². The normalized spacial score (nSPS) is 11.5. The fourth-order valence-corrected chi connectivity index (χ4v) is 10.2. The maximum Gasteiger partial charge on any atom is 0.0541 e. The molecule has 0 aliphatic carbocycles. The molecule has 2 heterocycles. The number of hydrogen-bond donors (Lipinski definition) is 0. The largest absolute Gasteiger partial charge is 0.309 e. The van der Waals surface area contributed by atoms with Crippen LogP contribution in [0.1, 0.15) is 16.8 Å². The van der Waals surface area contributed by atoms with E-state index in [0.29, 0.717) is 0 Å². The molecule has 12 rings (SSSR count). The highest BCUT2D eigenvalue weighted by Crippen LogP contribution is 2.40. The number of allylic oxidation sites excluding steroid dienone is 1. The summed E-state index contributed by atoms with van der Waals surface area (Å²) in [7, 11) is 0. The Labute approximate surface area is 403 Å².